The van der Waals surface area contributed by atoms with Crippen LogP contribution in [-0.4, -0.2) is 30.0 Å². The van der Waals surface area contributed by atoms with Crippen molar-refractivity contribution in [3.63, 3.8) is 0 Å². The van der Waals surface area contributed by atoms with Crippen molar-refractivity contribution in [2.75, 3.05) is 13.1 Å². The van der Waals surface area contributed by atoms with E-state index in [2.05, 4.69) is 13.8 Å². The van der Waals surface area contributed by atoms with Crippen LogP contribution in [0.15, 0.2) is 30.3 Å². The van der Waals surface area contributed by atoms with Crippen molar-refractivity contribution < 1.29 is 9.53 Å². The van der Waals surface area contributed by atoms with E-state index < -0.39 is 0 Å². The third-order valence-corrected chi connectivity index (χ3v) is 3.85. The van der Waals surface area contributed by atoms with Gasteiger partial charge >= 0.3 is 0 Å². The van der Waals surface area contributed by atoms with Gasteiger partial charge in [0, 0.05) is 13.1 Å². The predicted molar refractivity (Wildman–Crippen MR) is 80.7 cm³/mol. The summed E-state index contributed by atoms with van der Waals surface area (Å²) in [5.74, 6) is 2.06. The van der Waals surface area contributed by atoms with E-state index in [4.69, 9.17) is 4.74 Å². The molecule has 1 fully saturated rings. The zero-order valence-electron chi connectivity index (χ0n) is 12.7. The normalized spacial score (nSPS) is 24.2. The number of rotatable bonds is 4. The van der Waals surface area contributed by atoms with Crippen LogP contribution in [0, 0.1) is 11.8 Å². The molecule has 1 aliphatic heterocycles. The highest BCUT2D eigenvalue weighted by molar-refractivity contribution is 5.81. The molecule has 1 amide bonds. The van der Waals surface area contributed by atoms with Gasteiger partial charge < -0.3 is 9.64 Å². The minimum Gasteiger partial charge on any atom is -0.481 e. The first-order valence-electron chi connectivity index (χ1n) is 7.60. The number of carbonyl (C=O) groups is 1. The molecule has 0 spiro atoms. The van der Waals surface area contributed by atoms with Crippen LogP contribution in [0.25, 0.3) is 0 Å². The van der Waals surface area contributed by atoms with Gasteiger partial charge in [0.1, 0.15) is 5.75 Å². The van der Waals surface area contributed by atoms with Gasteiger partial charge in [-0.15, -0.1) is 0 Å². The Morgan fingerprint density at radius 2 is 1.85 bits per heavy atom. The van der Waals surface area contributed by atoms with Crippen LogP contribution in [0.1, 0.15) is 33.6 Å². The molecule has 0 bridgehead atoms. The zero-order valence-corrected chi connectivity index (χ0v) is 12.7. The fourth-order valence-corrected chi connectivity index (χ4v) is 3.02. The van der Waals surface area contributed by atoms with E-state index in [0.29, 0.717) is 18.3 Å². The van der Waals surface area contributed by atoms with Crippen LogP contribution in [0.5, 0.6) is 5.75 Å². The molecule has 0 unspecified atom stereocenters. The Kier molecular flexibility index (Phi) is 5.05. The van der Waals surface area contributed by atoms with Crippen LogP contribution >= 0.6 is 0 Å². The third kappa shape index (κ3) is 3.75. The van der Waals surface area contributed by atoms with Crippen molar-refractivity contribution in [1.29, 1.82) is 0 Å². The number of hydrogen-bond acceptors (Lipinski definition) is 2. The summed E-state index contributed by atoms with van der Waals surface area (Å²) >= 11 is 0. The summed E-state index contributed by atoms with van der Waals surface area (Å²) in [6.07, 6.45) is 1.54. The van der Waals surface area contributed by atoms with E-state index in [0.717, 1.165) is 18.8 Å². The van der Waals surface area contributed by atoms with Crippen LogP contribution in [0.4, 0.5) is 0 Å². The van der Waals surface area contributed by atoms with Gasteiger partial charge in [0.2, 0.25) is 0 Å². The number of para-hydroxylation sites is 1. The lowest BCUT2D eigenvalue weighted by atomic mass is 9.91. The molecule has 2 rings (SSSR count). The number of ether oxygens (including phenoxy) is 1. The Morgan fingerprint density at radius 1 is 1.25 bits per heavy atom. The highest BCUT2D eigenvalue weighted by Gasteiger charge is 2.30. The molecule has 3 heteroatoms. The second-order valence-electron chi connectivity index (χ2n) is 6.02. The SMILES string of the molecule is CC[C@@H](Oc1ccccc1)C(=O)N1C[C@H](C)C[C@@H](C)C1. The molecule has 1 heterocycles. The number of carbonyl (C=O) groups excluding carboxylic acids is 1. The lowest BCUT2D eigenvalue weighted by Crippen LogP contribution is -2.48. The number of likely N-dealkylation sites (tertiary alicyclic amines) is 1. The molecule has 1 saturated heterocycles. The smallest absolute Gasteiger partial charge is 0.263 e. The van der Waals surface area contributed by atoms with E-state index in [-0.39, 0.29) is 12.0 Å². The lowest BCUT2D eigenvalue weighted by molar-refractivity contribution is -0.141. The van der Waals surface area contributed by atoms with Crippen molar-refractivity contribution in [3.8, 4) is 5.75 Å². The minimum atomic E-state index is -0.366. The van der Waals surface area contributed by atoms with E-state index in [9.17, 15) is 4.79 Å². The van der Waals surface area contributed by atoms with Crippen LogP contribution in [0.2, 0.25) is 0 Å². The molecule has 1 aromatic carbocycles. The molecule has 0 aromatic heterocycles. The fraction of sp³-hybridized carbons (Fsp3) is 0.588. The Hall–Kier alpha value is -1.51. The largest absolute Gasteiger partial charge is 0.481 e. The summed E-state index contributed by atoms with van der Waals surface area (Å²) in [7, 11) is 0. The molecular formula is C17H25NO2. The van der Waals surface area contributed by atoms with Gasteiger partial charge in [-0.2, -0.15) is 0 Å². The Bertz CT molecular complexity index is 422. The summed E-state index contributed by atoms with van der Waals surface area (Å²) in [5.41, 5.74) is 0. The number of nitrogens with zero attached hydrogens (tertiary/aromatic N) is 1. The quantitative estimate of drug-likeness (QED) is 0.843. The minimum absolute atomic E-state index is 0.134. The molecule has 110 valence electrons. The van der Waals surface area contributed by atoms with Gasteiger partial charge in [-0.25, -0.2) is 0 Å². The van der Waals surface area contributed by atoms with Crippen molar-refractivity contribution in [2.24, 2.45) is 11.8 Å². The molecule has 0 radical (unpaired) electrons. The maximum atomic E-state index is 12.6. The molecule has 3 atom stereocenters. The molecular weight excluding hydrogens is 250 g/mol. The number of benzene rings is 1. The second-order valence-corrected chi connectivity index (χ2v) is 6.02. The van der Waals surface area contributed by atoms with E-state index in [1.807, 2.05) is 42.2 Å². The highest BCUT2D eigenvalue weighted by atomic mass is 16.5. The Balaban J connectivity index is 2.01. The van der Waals surface area contributed by atoms with Crippen molar-refractivity contribution in [1.82, 2.24) is 4.90 Å². The molecule has 20 heavy (non-hydrogen) atoms. The van der Waals surface area contributed by atoms with Crippen LogP contribution in [0.3, 0.4) is 0 Å². The Labute approximate surface area is 121 Å². The van der Waals surface area contributed by atoms with Crippen molar-refractivity contribution >= 4 is 5.91 Å². The van der Waals surface area contributed by atoms with Crippen LogP contribution in [-0.2, 0) is 4.79 Å². The maximum absolute atomic E-state index is 12.6. The molecule has 1 aliphatic rings. The number of hydrogen-bond donors (Lipinski definition) is 0. The highest BCUT2D eigenvalue weighted by Crippen LogP contribution is 2.23. The second kappa shape index (κ2) is 6.78. The van der Waals surface area contributed by atoms with Gasteiger partial charge in [0.05, 0.1) is 0 Å². The zero-order chi connectivity index (χ0) is 14.5. The van der Waals surface area contributed by atoms with Gasteiger partial charge in [-0.1, -0.05) is 39.0 Å². The summed E-state index contributed by atoms with van der Waals surface area (Å²) in [6, 6.07) is 9.60. The van der Waals surface area contributed by atoms with Crippen molar-refractivity contribution in [2.45, 2.75) is 39.7 Å². The summed E-state index contributed by atoms with van der Waals surface area (Å²) in [5, 5.41) is 0. The standard InChI is InChI=1S/C17H25NO2/c1-4-16(20-15-8-6-5-7-9-15)17(19)18-11-13(2)10-14(3)12-18/h5-9,13-14,16H,4,10-12H2,1-3H3/t13-,14-,16-/m1/s1. The molecule has 1 aromatic rings. The van der Waals surface area contributed by atoms with Gasteiger partial charge in [-0.05, 0) is 36.8 Å². The first-order valence-corrected chi connectivity index (χ1v) is 7.60. The molecule has 0 N–H and O–H groups in total. The molecule has 0 saturated carbocycles. The summed E-state index contributed by atoms with van der Waals surface area (Å²) in [6.45, 7) is 8.15. The number of amides is 1. The van der Waals surface area contributed by atoms with Crippen LogP contribution < -0.4 is 4.74 Å². The Morgan fingerprint density at radius 3 is 2.40 bits per heavy atom. The number of piperidine rings is 1. The first-order chi connectivity index (χ1) is 9.60. The third-order valence-electron chi connectivity index (χ3n) is 3.85. The van der Waals surface area contributed by atoms with E-state index in [1.165, 1.54) is 6.42 Å². The summed E-state index contributed by atoms with van der Waals surface area (Å²) in [4.78, 5) is 14.6. The molecule has 0 aliphatic carbocycles. The average molecular weight is 275 g/mol. The molecule has 3 nitrogen and oxygen atoms in total. The fourth-order valence-electron chi connectivity index (χ4n) is 3.02. The van der Waals surface area contributed by atoms with E-state index >= 15 is 0 Å². The first kappa shape index (κ1) is 14.9. The topological polar surface area (TPSA) is 29.5 Å². The lowest BCUT2D eigenvalue weighted by Gasteiger charge is -2.36. The maximum Gasteiger partial charge on any atom is 0.263 e. The monoisotopic (exact) mass is 275 g/mol. The summed E-state index contributed by atoms with van der Waals surface area (Å²) < 4.78 is 5.86. The van der Waals surface area contributed by atoms with Gasteiger partial charge in [0.15, 0.2) is 6.10 Å². The van der Waals surface area contributed by atoms with Crippen molar-refractivity contribution in [3.05, 3.63) is 30.3 Å². The predicted octanol–water partition coefficient (Wildman–Crippen LogP) is 3.35. The average Bonchev–Trinajstić information content (AvgIpc) is 2.44. The van der Waals surface area contributed by atoms with E-state index in [1.54, 1.807) is 0 Å². The van der Waals surface area contributed by atoms with Gasteiger partial charge in [0.25, 0.3) is 5.91 Å². The van der Waals surface area contributed by atoms with Gasteiger partial charge in [-0.3, -0.25) is 4.79 Å².